The van der Waals surface area contributed by atoms with Crippen LogP contribution in [0.25, 0.3) is 11.2 Å². The average molecular weight is 162 g/mol. The van der Waals surface area contributed by atoms with Crippen LogP contribution in [0, 0.1) is 6.20 Å². The van der Waals surface area contributed by atoms with Crippen LogP contribution in [0.3, 0.4) is 0 Å². The molecule has 0 aliphatic rings. The lowest BCUT2D eigenvalue weighted by Crippen LogP contribution is -2.12. The summed E-state index contributed by atoms with van der Waals surface area (Å²) >= 11 is 0. The van der Waals surface area contributed by atoms with E-state index in [1.807, 2.05) is 0 Å². The van der Waals surface area contributed by atoms with E-state index in [0.29, 0.717) is 5.65 Å². The summed E-state index contributed by atoms with van der Waals surface area (Å²) in [6, 6.07) is 0. The maximum atomic E-state index is 11.1. The summed E-state index contributed by atoms with van der Waals surface area (Å²) in [6.07, 6.45) is 3.78. The SMILES string of the molecule is Nc1nc(=O)c2nc[c]nc2[nH]1. The molecule has 0 unspecified atom stereocenters. The van der Waals surface area contributed by atoms with Crippen molar-refractivity contribution in [1.29, 1.82) is 0 Å². The minimum Gasteiger partial charge on any atom is -0.369 e. The maximum absolute atomic E-state index is 11.1. The number of fused-ring (bicyclic) bond motifs is 1. The van der Waals surface area contributed by atoms with E-state index in [1.165, 1.54) is 6.20 Å². The first-order valence-electron chi connectivity index (χ1n) is 3.16. The Morgan fingerprint density at radius 3 is 3.25 bits per heavy atom. The molecule has 0 bridgehead atoms. The number of nitrogens with one attached hydrogen (secondary N) is 1. The fourth-order valence-corrected chi connectivity index (χ4v) is 0.856. The third kappa shape index (κ3) is 0.895. The number of aromatic nitrogens is 4. The van der Waals surface area contributed by atoms with Crippen LogP contribution in [-0.2, 0) is 0 Å². The number of hydrogen-bond donors (Lipinski definition) is 2. The molecule has 3 N–H and O–H groups in total. The maximum Gasteiger partial charge on any atom is 0.302 e. The molecular formula is C6H4N5O. The molecule has 12 heavy (non-hydrogen) atoms. The molecule has 6 nitrogen and oxygen atoms in total. The van der Waals surface area contributed by atoms with Crippen LogP contribution in [0.15, 0.2) is 11.0 Å². The molecule has 0 aliphatic heterocycles. The van der Waals surface area contributed by atoms with Crippen LogP contribution in [-0.4, -0.2) is 19.9 Å². The van der Waals surface area contributed by atoms with E-state index >= 15 is 0 Å². The van der Waals surface area contributed by atoms with Crippen molar-refractivity contribution in [3.05, 3.63) is 22.7 Å². The molecular weight excluding hydrogens is 158 g/mol. The minimum absolute atomic E-state index is 0.0291. The molecule has 1 radical (unpaired) electrons. The quantitative estimate of drug-likeness (QED) is 0.522. The van der Waals surface area contributed by atoms with Crippen molar-refractivity contribution < 1.29 is 0 Å². The van der Waals surface area contributed by atoms with Gasteiger partial charge in [0.25, 0.3) is 0 Å². The zero-order valence-corrected chi connectivity index (χ0v) is 5.90. The first-order valence-corrected chi connectivity index (χ1v) is 3.16. The number of aromatic amines is 1. The zero-order chi connectivity index (χ0) is 8.55. The molecule has 59 valence electrons. The highest BCUT2D eigenvalue weighted by molar-refractivity contribution is 5.68. The predicted molar refractivity (Wildman–Crippen MR) is 41.2 cm³/mol. The van der Waals surface area contributed by atoms with Crippen molar-refractivity contribution in [3.8, 4) is 0 Å². The van der Waals surface area contributed by atoms with Gasteiger partial charge in [-0.2, -0.15) is 4.98 Å². The number of nitrogens with zero attached hydrogens (tertiary/aromatic N) is 3. The highest BCUT2D eigenvalue weighted by atomic mass is 16.1. The van der Waals surface area contributed by atoms with E-state index in [2.05, 4.69) is 26.1 Å². The Bertz CT molecular complexity index is 477. The summed E-state index contributed by atoms with van der Waals surface area (Å²) in [4.78, 5) is 24.6. The fourth-order valence-electron chi connectivity index (χ4n) is 0.856. The van der Waals surface area contributed by atoms with Crippen LogP contribution in [0.4, 0.5) is 5.95 Å². The van der Waals surface area contributed by atoms with Gasteiger partial charge in [0, 0.05) is 0 Å². The third-order valence-corrected chi connectivity index (χ3v) is 1.32. The van der Waals surface area contributed by atoms with Crippen molar-refractivity contribution in [2.45, 2.75) is 0 Å². The second-order valence-electron chi connectivity index (χ2n) is 2.12. The van der Waals surface area contributed by atoms with E-state index < -0.39 is 5.56 Å². The van der Waals surface area contributed by atoms with Gasteiger partial charge in [0.15, 0.2) is 11.2 Å². The molecule has 0 spiro atoms. The molecule has 0 amide bonds. The van der Waals surface area contributed by atoms with Crippen LogP contribution >= 0.6 is 0 Å². The molecule has 0 saturated heterocycles. The van der Waals surface area contributed by atoms with Crippen molar-refractivity contribution in [1.82, 2.24) is 19.9 Å². The highest BCUT2D eigenvalue weighted by Crippen LogP contribution is 1.97. The topological polar surface area (TPSA) is 97.6 Å². The number of hydrogen-bond acceptors (Lipinski definition) is 5. The van der Waals surface area contributed by atoms with Gasteiger partial charge in [-0.3, -0.25) is 4.79 Å². The molecule has 2 rings (SSSR count). The largest absolute Gasteiger partial charge is 0.369 e. The van der Waals surface area contributed by atoms with Gasteiger partial charge in [-0.05, 0) is 0 Å². The number of rotatable bonds is 0. The molecule has 0 aromatic carbocycles. The third-order valence-electron chi connectivity index (χ3n) is 1.32. The van der Waals surface area contributed by atoms with Gasteiger partial charge in [0.05, 0.1) is 6.20 Å². The van der Waals surface area contributed by atoms with Gasteiger partial charge in [-0.15, -0.1) is 0 Å². The predicted octanol–water partition coefficient (Wildman–Crippen LogP) is -0.905. The highest BCUT2D eigenvalue weighted by Gasteiger charge is 2.01. The van der Waals surface area contributed by atoms with Crippen molar-refractivity contribution in [3.63, 3.8) is 0 Å². The van der Waals surface area contributed by atoms with Crippen LogP contribution in [0.5, 0.6) is 0 Å². The Morgan fingerprint density at radius 2 is 2.42 bits per heavy atom. The van der Waals surface area contributed by atoms with Crippen LogP contribution < -0.4 is 11.3 Å². The second-order valence-corrected chi connectivity index (χ2v) is 2.12. The lowest BCUT2D eigenvalue weighted by Gasteiger charge is -1.94. The van der Waals surface area contributed by atoms with E-state index in [4.69, 9.17) is 5.73 Å². The Morgan fingerprint density at radius 1 is 1.58 bits per heavy atom. The van der Waals surface area contributed by atoms with Gasteiger partial charge in [-0.25, -0.2) is 9.97 Å². The molecule has 2 heterocycles. The zero-order valence-electron chi connectivity index (χ0n) is 5.90. The molecule has 0 fully saturated rings. The Kier molecular flexibility index (Phi) is 1.26. The normalized spacial score (nSPS) is 10.3. The summed E-state index contributed by atoms with van der Waals surface area (Å²) in [5.41, 5.74) is 5.26. The van der Waals surface area contributed by atoms with Gasteiger partial charge in [-0.1, -0.05) is 0 Å². The molecule has 2 aromatic heterocycles. The summed E-state index contributed by atoms with van der Waals surface area (Å²) < 4.78 is 0. The number of nitrogens with two attached hydrogens (primary N) is 1. The van der Waals surface area contributed by atoms with Crippen molar-refractivity contribution in [2.24, 2.45) is 0 Å². The number of nitrogen functional groups attached to an aromatic ring is 1. The molecule has 6 heteroatoms. The monoisotopic (exact) mass is 162 g/mol. The molecule has 0 saturated carbocycles. The van der Waals surface area contributed by atoms with Crippen LogP contribution in [0.1, 0.15) is 0 Å². The smallest absolute Gasteiger partial charge is 0.302 e. The van der Waals surface area contributed by atoms with E-state index in [0.717, 1.165) is 0 Å². The number of anilines is 1. The summed E-state index contributed by atoms with van der Waals surface area (Å²) in [7, 11) is 0. The minimum atomic E-state index is -0.484. The Balaban J connectivity index is 2.99. The van der Waals surface area contributed by atoms with Crippen molar-refractivity contribution in [2.75, 3.05) is 5.73 Å². The summed E-state index contributed by atoms with van der Waals surface area (Å²) in [5, 5.41) is 0. The van der Waals surface area contributed by atoms with E-state index in [-0.39, 0.29) is 11.5 Å². The summed E-state index contributed by atoms with van der Waals surface area (Å²) in [6.45, 7) is 0. The van der Waals surface area contributed by atoms with Crippen molar-refractivity contribution >= 4 is 17.1 Å². The Labute approximate surface area is 66.5 Å². The standard InChI is InChI=1S/C6H4N5O/c7-6-10-4-3(5(12)11-6)8-1-2-9-4/h1H,(H3,7,9,10,11,12). The van der Waals surface area contributed by atoms with E-state index in [1.54, 1.807) is 0 Å². The Hall–Kier alpha value is -1.98. The molecule has 0 atom stereocenters. The van der Waals surface area contributed by atoms with Gasteiger partial charge < -0.3 is 10.7 Å². The lowest BCUT2D eigenvalue weighted by atomic mass is 10.5. The number of H-pyrrole nitrogens is 1. The van der Waals surface area contributed by atoms with Gasteiger partial charge in [0.1, 0.15) is 6.20 Å². The lowest BCUT2D eigenvalue weighted by molar-refractivity contribution is 1.12. The van der Waals surface area contributed by atoms with E-state index in [9.17, 15) is 4.79 Å². The average Bonchev–Trinajstić information content (AvgIpc) is 2.04. The first kappa shape index (κ1) is 6.71. The second kappa shape index (κ2) is 2.26. The summed E-state index contributed by atoms with van der Waals surface area (Å²) in [5.74, 6) is 0.0291. The first-order chi connectivity index (χ1) is 5.77. The van der Waals surface area contributed by atoms with Crippen LogP contribution in [0.2, 0.25) is 0 Å². The van der Waals surface area contributed by atoms with Gasteiger partial charge in [0.2, 0.25) is 5.95 Å². The fraction of sp³-hybridized carbons (Fsp3) is 0. The van der Waals surface area contributed by atoms with Gasteiger partial charge >= 0.3 is 5.56 Å². The molecule has 0 aliphatic carbocycles. The molecule has 2 aromatic rings.